The molecule has 6 nitrogen and oxygen atoms in total. The standard InChI is InChI=1S/C19H25N3O3S2/c1-4-25-18(24)15-9-10-26-17(15)21-16(23)11-27-19-20-12(2)13(3)22(19)14-7-5-6-8-14/h9-10,14H,4-8,11H2,1-3H3,(H,21,23). The van der Waals surface area contributed by atoms with Gasteiger partial charge < -0.3 is 14.6 Å². The summed E-state index contributed by atoms with van der Waals surface area (Å²) in [5, 5.41) is 6.04. The Morgan fingerprint density at radius 2 is 2.11 bits per heavy atom. The molecular formula is C19H25N3O3S2. The summed E-state index contributed by atoms with van der Waals surface area (Å²) in [5.74, 6) is -0.308. The predicted molar refractivity (Wildman–Crippen MR) is 109 cm³/mol. The molecule has 0 atom stereocenters. The van der Waals surface area contributed by atoms with E-state index in [4.69, 9.17) is 4.74 Å². The van der Waals surface area contributed by atoms with Gasteiger partial charge in [0, 0.05) is 11.7 Å². The Kier molecular flexibility index (Phi) is 6.59. The number of nitrogens with zero attached hydrogens (tertiary/aromatic N) is 2. The number of anilines is 1. The fourth-order valence-electron chi connectivity index (χ4n) is 3.36. The molecule has 1 aliphatic carbocycles. The number of thiophene rings is 1. The average molecular weight is 408 g/mol. The normalized spacial score (nSPS) is 14.5. The summed E-state index contributed by atoms with van der Waals surface area (Å²) >= 11 is 2.77. The highest BCUT2D eigenvalue weighted by Gasteiger charge is 2.24. The molecule has 1 saturated carbocycles. The van der Waals surface area contributed by atoms with E-state index < -0.39 is 5.97 Å². The zero-order valence-electron chi connectivity index (χ0n) is 15.9. The third-order valence-corrected chi connectivity index (χ3v) is 6.57. The van der Waals surface area contributed by atoms with Crippen LogP contribution in [0.4, 0.5) is 5.00 Å². The Bertz CT molecular complexity index is 822. The molecule has 0 saturated heterocycles. The van der Waals surface area contributed by atoms with Gasteiger partial charge in [-0.3, -0.25) is 4.79 Å². The molecule has 0 aliphatic heterocycles. The molecule has 27 heavy (non-hydrogen) atoms. The second kappa shape index (κ2) is 8.93. The van der Waals surface area contributed by atoms with Crippen molar-refractivity contribution in [3.8, 4) is 0 Å². The lowest BCUT2D eigenvalue weighted by molar-refractivity contribution is -0.113. The Hall–Kier alpha value is -1.80. The first kappa shape index (κ1) is 19.9. The van der Waals surface area contributed by atoms with Crippen molar-refractivity contribution in [3.05, 3.63) is 28.4 Å². The second-order valence-corrected chi connectivity index (χ2v) is 8.45. The van der Waals surface area contributed by atoms with E-state index in [-0.39, 0.29) is 11.7 Å². The number of aryl methyl sites for hydroxylation is 1. The van der Waals surface area contributed by atoms with Crippen LogP contribution in [0.2, 0.25) is 0 Å². The second-order valence-electron chi connectivity index (χ2n) is 6.59. The summed E-state index contributed by atoms with van der Waals surface area (Å²) in [6.45, 7) is 6.18. The molecular weight excluding hydrogens is 382 g/mol. The van der Waals surface area contributed by atoms with Crippen LogP contribution in [0.5, 0.6) is 0 Å². The minimum Gasteiger partial charge on any atom is -0.462 e. The van der Waals surface area contributed by atoms with E-state index in [2.05, 4.69) is 21.8 Å². The van der Waals surface area contributed by atoms with Gasteiger partial charge in [-0.05, 0) is 45.1 Å². The van der Waals surface area contributed by atoms with Gasteiger partial charge in [-0.2, -0.15) is 0 Å². The fourth-order valence-corrected chi connectivity index (χ4v) is 5.11. The lowest BCUT2D eigenvalue weighted by atomic mass is 10.2. The Labute approximate surface area is 167 Å². The van der Waals surface area contributed by atoms with Gasteiger partial charge >= 0.3 is 5.97 Å². The van der Waals surface area contributed by atoms with Gasteiger partial charge in [0.15, 0.2) is 5.16 Å². The number of nitrogens with one attached hydrogen (secondary N) is 1. The predicted octanol–water partition coefficient (Wildman–Crippen LogP) is 4.58. The summed E-state index contributed by atoms with van der Waals surface area (Å²) in [6, 6.07) is 2.16. The summed E-state index contributed by atoms with van der Waals surface area (Å²) in [7, 11) is 0. The number of esters is 1. The molecule has 1 N–H and O–H groups in total. The quantitative estimate of drug-likeness (QED) is 0.537. The molecule has 1 amide bonds. The van der Waals surface area contributed by atoms with Gasteiger partial charge in [0.05, 0.1) is 23.6 Å². The van der Waals surface area contributed by atoms with E-state index in [1.54, 1.807) is 18.4 Å². The van der Waals surface area contributed by atoms with Crippen molar-refractivity contribution in [1.29, 1.82) is 0 Å². The van der Waals surface area contributed by atoms with Gasteiger partial charge in [-0.25, -0.2) is 9.78 Å². The zero-order valence-corrected chi connectivity index (χ0v) is 17.5. The van der Waals surface area contributed by atoms with Crippen LogP contribution in [0.3, 0.4) is 0 Å². The molecule has 0 aromatic carbocycles. The van der Waals surface area contributed by atoms with Crippen LogP contribution in [0.15, 0.2) is 16.6 Å². The summed E-state index contributed by atoms with van der Waals surface area (Å²) in [5.41, 5.74) is 2.61. The number of rotatable bonds is 7. The summed E-state index contributed by atoms with van der Waals surface area (Å²) in [6.07, 6.45) is 4.85. The maximum absolute atomic E-state index is 12.4. The van der Waals surface area contributed by atoms with Crippen molar-refractivity contribution in [2.45, 2.75) is 57.7 Å². The van der Waals surface area contributed by atoms with Crippen molar-refractivity contribution < 1.29 is 14.3 Å². The minimum atomic E-state index is -0.412. The molecule has 2 aromatic rings. The van der Waals surface area contributed by atoms with Gasteiger partial charge in [0.2, 0.25) is 5.91 Å². The lowest BCUT2D eigenvalue weighted by Gasteiger charge is -2.16. The number of ether oxygens (including phenoxy) is 1. The number of hydrogen-bond acceptors (Lipinski definition) is 6. The van der Waals surface area contributed by atoms with Crippen LogP contribution in [0.25, 0.3) is 0 Å². The average Bonchev–Trinajstić information content (AvgIpc) is 3.35. The largest absolute Gasteiger partial charge is 0.462 e. The Morgan fingerprint density at radius 1 is 1.37 bits per heavy atom. The first-order valence-electron chi connectivity index (χ1n) is 9.24. The molecule has 1 fully saturated rings. The maximum Gasteiger partial charge on any atom is 0.341 e. The van der Waals surface area contributed by atoms with E-state index in [1.807, 2.05) is 6.92 Å². The first-order chi connectivity index (χ1) is 13.0. The number of thioether (sulfide) groups is 1. The number of carbonyl (C=O) groups is 2. The van der Waals surface area contributed by atoms with Crippen LogP contribution in [-0.4, -0.2) is 33.8 Å². The van der Waals surface area contributed by atoms with Gasteiger partial charge in [0.25, 0.3) is 0 Å². The molecule has 146 valence electrons. The molecule has 0 bridgehead atoms. The SMILES string of the molecule is CCOC(=O)c1ccsc1NC(=O)CSc1nc(C)c(C)n1C1CCCC1. The smallest absolute Gasteiger partial charge is 0.341 e. The van der Waals surface area contributed by atoms with E-state index in [0.717, 1.165) is 10.9 Å². The van der Waals surface area contributed by atoms with E-state index in [1.165, 1.54) is 54.5 Å². The van der Waals surface area contributed by atoms with Crippen molar-refractivity contribution in [2.75, 3.05) is 17.7 Å². The van der Waals surface area contributed by atoms with Crippen molar-refractivity contribution in [2.24, 2.45) is 0 Å². The van der Waals surface area contributed by atoms with Crippen molar-refractivity contribution >= 4 is 40.0 Å². The highest BCUT2D eigenvalue weighted by atomic mass is 32.2. The third kappa shape index (κ3) is 4.55. The molecule has 2 heterocycles. The Balaban J connectivity index is 1.64. The number of carbonyl (C=O) groups excluding carboxylic acids is 2. The number of aromatic nitrogens is 2. The topological polar surface area (TPSA) is 73.2 Å². The van der Waals surface area contributed by atoms with E-state index in [9.17, 15) is 9.59 Å². The lowest BCUT2D eigenvalue weighted by Crippen LogP contribution is -2.17. The van der Waals surface area contributed by atoms with Crippen LogP contribution in [-0.2, 0) is 9.53 Å². The van der Waals surface area contributed by atoms with Crippen LogP contribution in [0, 0.1) is 13.8 Å². The molecule has 0 unspecified atom stereocenters. The van der Waals surface area contributed by atoms with Gasteiger partial charge in [-0.1, -0.05) is 24.6 Å². The summed E-state index contributed by atoms with van der Waals surface area (Å²) < 4.78 is 7.33. The monoisotopic (exact) mass is 407 g/mol. The minimum absolute atomic E-state index is 0.149. The molecule has 3 rings (SSSR count). The molecule has 2 aromatic heterocycles. The zero-order chi connectivity index (χ0) is 19.4. The molecule has 0 spiro atoms. The van der Waals surface area contributed by atoms with Crippen molar-refractivity contribution in [3.63, 3.8) is 0 Å². The molecule has 1 aliphatic rings. The number of amides is 1. The highest BCUT2D eigenvalue weighted by Crippen LogP contribution is 2.35. The molecule has 8 heteroatoms. The maximum atomic E-state index is 12.4. The summed E-state index contributed by atoms with van der Waals surface area (Å²) in [4.78, 5) is 29.0. The Morgan fingerprint density at radius 3 is 2.81 bits per heavy atom. The number of hydrogen-bond donors (Lipinski definition) is 1. The number of imidazole rings is 1. The molecule has 0 radical (unpaired) electrons. The van der Waals surface area contributed by atoms with Crippen LogP contribution < -0.4 is 5.32 Å². The van der Waals surface area contributed by atoms with E-state index in [0.29, 0.717) is 23.2 Å². The van der Waals surface area contributed by atoms with Crippen molar-refractivity contribution in [1.82, 2.24) is 9.55 Å². The van der Waals surface area contributed by atoms with E-state index >= 15 is 0 Å². The van der Waals surface area contributed by atoms with Gasteiger partial charge in [-0.15, -0.1) is 11.3 Å². The van der Waals surface area contributed by atoms with Crippen LogP contribution in [0.1, 0.15) is 60.4 Å². The van der Waals surface area contributed by atoms with Gasteiger partial charge in [0.1, 0.15) is 5.00 Å². The van der Waals surface area contributed by atoms with Crippen LogP contribution >= 0.6 is 23.1 Å². The fraction of sp³-hybridized carbons (Fsp3) is 0.526. The first-order valence-corrected chi connectivity index (χ1v) is 11.1. The highest BCUT2D eigenvalue weighted by molar-refractivity contribution is 7.99. The third-order valence-electron chi connectivity index (χ3n) is 4.79.